The van der Waals surface area contributed by atoms with Gasteiger partial charge in [0.1, 0.15) is 0 Å². The first-order valence-corrected chi connectivity index (χ1v) is 9.54. The van der Waals surface area contributed by atoms with Crippen molar-refractivity contribution < 1.29 is 19.5 Å². The normalized spacial score (nSPS) is 16.2. The topological polar surface area (TPSA) is 74.7 Å². The molecule has 1 saturated heterocycles. The van der Waals surface area contributed by atoms with Crippen molar-refractivity contribution in [2.45, 2.75) is 31.1 Å². The predicted molar refractivity (Wildman–Crippen MR) is 99.5 cm³/mol. The van der Waals surface area contributed by atoms with Gasteiger partial charge in [-0.2, -0.15) is 0 Å². The zero-order valence-corrected chi connectivity index (χ0v) is 15.2. The number of carboxylic acid groups (broad SMARTS) is 1. The average Bonchev–Trinajstić information content (AvgIpc) is 3.21. The molecule has 0 atom stereocenters. The highest BCUT2D eigenvalue weighted by Gasteiger charge is 2.43. The molecule has 5 nitrogen and oxygen atoms in total. The van der Waals surface area contributed by atoms with Crippen LogP contribution in [-0.4, -0.2) is 40.8 Å². The first-order valence-electron chi connectivity index (χ1n) is 8.66. The second-order valence-corrected chi connectivity index (χ2v) is 7.48. The number of nitrogens with zero attached hydrogens (tertiary/aromatic N) is 1. The first kappa shape index (κ1) is 18.3. The number of aliphatic carboxylic acids is 1. The van der Waals surface area contributed by atoms with Crippen molar-refractivity contribution in [3.8, 4) is 0 Å². The van der Waals surface area contributed by atoms with Crippen LogP contribution in [0.2, 0.25) is 0 Å². The number of thiophene rings is 1. The monoisotopic (exact) mass is 371 g/mol. The Morgan fingerprint density at radius 1 is 1.00 bits per heavy atom. The quantitative estimate of drug-likeness (QED) is 0.790. The van der Waals surface area contributed by atoms with Crippen molar-refractivity contribution in [2.75, 3.05) is 13.1 Å². The number of carboxylic acids is 1. The zero-order valence-electron chi connectivity index (χ0n) is 14.4. The Morgan fingerprint density at radius 3 is 2.27 bits per heavy atom. The summed E-state index contributed by atoms with van der Waals surface area (Å²) in [5, 5.41) is 11.6. The van der Waals surface area contributed by atoms with Crippen molar-refractivity contribution in [2.24, 2.45) is 0 Å². The van der Waals surface area contributed by atoms with Crippen LogP contribution in [0.3, 0.4) is 0 Å². The Morgan fingerprint density at radius 2 is 1.69 bits per heavy atom. The van der Waals surface area contributed by atoms with E-state index in [0.717, 1.165) is 5.56 Å². The third-order valence-electron chi connectivity index (χ3n) is 5.07. The Bertz CT molecular complexity index is 777. The van der Waals surface area contributed by atoms with Crippen molar-refractivity contribution in [3.63, 3.8) is 0 Å². The number of piperidine rings is 1. The number of benzene rings is 1. The summed E-state index contributed by atoms with van der Waals surface area (Å²) >= 11 is 1.38. The molecular weight excluding hydrogens is 350 g/mol. The van der Waals surface area contributed by atoms with Gasteiger partial charge >= 0.3 is 5.97 Å². The predicted octanol–water partition coefficient (Wildman–Crippen LogP) is 3.36. The fraction of sp³-hybridized carbons (Fsp3) is 0.350. The van der Waals surface area contributed by atoms with Gasteiger partial charge < -0.3 is 10.0 Å². The number of rotatable bonds is 6. The fourth-order valence-corrected chi connectivity index (χ4v) is 4.15. The minimum Gasteiger partial charge on any atom is -0.481 e. The summed E-state index contributed by atoms with van der Waals surface area (Å²) in [7, 11) is 0. The molecule has 1 fully saturated rings. The number of Topliss-reactive ketones (excluding diaryl/α,β-unsaturated/α-hetero) is 1. The van der Waals surface area contributed by atoms with E-state index in [4.69, 9.17) is 0 Å². The second-order valence-electron chi connectivity index (χ2n) is 6.53. The summed E-state index contributed by atoms with van der Waals surface area (Å²) in [4.78, 5) is 38.8. The van der Waals surface area contributed by atoms with E-state index in [1.165, 1.54) is 11.3 Å². The second kappa shape index (κ2) is 7.83. The summed E-state index contributed by atoms with van der Waals surface area (Å²) in [6.07, 6.45) is 1.13. The molecule has 6 heteroatoms. The average molecular weight is 371 g/mol. The molecule has 136 valence electrons. The van der Waals surface area contributed by atoms with E-state index in [9.17, 15) is 19.5 Å². The van der Waals surface area contributed by atoms with Crippen LogP contribution in [-0.2, 0) is 15.0 Å². The molecule has 0 spiro atoms. The van der Waals surface area contributed by atoms with Crippen LogP contribution in [0.4, 0.5) is 0 Å². The SMILES string of the molecule is O=C(CCC(=O)N1CCC(C(=O)O)(c2ccccc2)CC1)c1cccs1. The fourth-order valence-electron chi connectivity index (χ4n) is 3.46. The van der Waals surface area contributed by atoms with Crippen LogP contribution in [0.15, 0.2) is 47.8 Å². The number of hydrogen-bond donors (Lipinski definition) is 1. The van der Waals surface area contributed by atoms with E-state index in [0.29, 0.717) is 30.8 Å². The highest BCUT2D eigenvalue weighted by Crippen LogP contribution is 2.36. The third-order valence-corrected chi connectivity index (χ3v) is 5.98. The molecule has 1 aliphatic heterocycles. The van der Waals surface area contributed by atoms with Gasteiger partial charge in [-0.1, -0.05) is 36.4 Å². The van der Waals surface area contributed by atoms with Gasteiger partial charge in [-0.05, 0) is 29.9 Å². The van der Waals surface area contributed by atoms with Gasteiger partial charge in [-0.3, -0.25) is 14.4 Å². The summed E-state index contributed by atoms with van der Waals surface area (Å²) in [5.41, 5.74) is -0.155. The molecule has 1 amide bonds. The van der Waals surface area contributed by atoms with Crippen LogP contribution in [0.1, 0.15) is 40.9 Å². The van der Waals surface area contributed by atoms with Crippen LogP contribution in [0.25, 0.3) is 0 Å². The van der Waals surface area contributed by atoms with E-state index in [-0.39, 0.29) is 24.5 Å². The molecule has 0 unspecified atom stereocenters. The summed E-state index contributed by atoms with van der Waals surface area (Å²) in [5.74, 6) is -0.944. The lowest BCUT2D eigenvalue weighted by atomic mass is 9.73. The summed E-state index contributed by atoms with van der Waals surface area (Å²) < 4.78 is 0. The van der Waals surface area contributed by atoms with Crippen molar-refractivity contribution in [3.05, 3.63) is 58.3 Å². The molecule has 2 heterocycles. The number of carbonyl (C=O) groups excluding carboxylic acids is 2. The number of hydrogen-bond acceptors (Lipinski definition) is 4. The van der Waals surface area contributed by atoms with Gasteiger partial charge in [0.05, 0.1) is 10.3 Å². The van der Waals surface area contributed by atoms with Gasteiger partial charge in [-0.25, -0.2) is 0 Å². The molecule has 2 aromatic rings. The Kier molecular flexibility index (Phi) is 5.52. The highest BCUT2D eigenvalue weighted by molar-refractivity contribution is 7.12. The molecule has 0 radical (unpaired) electrons. The van der Waals surface area contributed by atoms with E-state index in [1.807, 2.05) is 41.8 Å². The van der Waals surface area contributed by atoms with Crippen molar-refractivity contribution in [1.82, 2.24) is 4.90 Å². The van der Waals surface area contributed by atoms with Gasteiger partial charge in [0, 0.05) is 25.9 Å². The minimum absolute atomic E-state index is 0.0190. The van der Waals surface area contributed by atoms with E-state index < -0.39 is 11.4 Å². The molecule has 3 rings (SSSR count). The largest absolute Gasteiger partial charge is 0.481 e. The minimum atomic E-state index is -0.940. The van der Waals surface area contributed by atoms with E-state index in [1.54, 1.807) is 11.0 Å². The van der Waals surface area contributed by atoms with Gasteiger partial charge in [0.2, 0.25) is 5.91 Å². The van der Waals surface area contributed by atoms with Gasteiger partial charge in [0.25, 0.3) is 0 Å². The van der Waals surface area contributed by atoms with Gasteiger partial charge in [-0.15, -0.1) is 11.3 Å². The van der Waals surface area contributed by atoms with E-state index in [2.05, 4.69) is 0 Å². The van der Waals surface area contributed by atoms with E-state index >= 15 is 0 Å². The van der Waals surface area contributed by atoms with Crippen LogP contribution >= 0.6 is 11.3 Å². The van der Waals surface area contributed by atoms with Crippen molar-refractivity contribution in [1.29, 1.82) is 0 Å². The standard InChI is InChI=1S/C20H21NO4S/c22-16(17-7-4-14-26-17)8-9-18(23)21-12-10-20(11-13-21,19(24)25)15-5-2-1-3-6-15/h1-7,14H,8-13H2,(H,24,25). The van der Waals surface area contributed by atoms with Crippen LogP contribution in [0.5, 0.6) is 0 Å². The number of ketones is 1. The van der Waals surface area contributed by atoms with Crippen molar-refractivity contribution >= 4 is 29.0 Å². The third kappa shape index (κ3) is 3.70. The summed E-state index contributed by atoms with van der Waals surface area (Å²) in [6.45, 7) is 0.792. The Balaban J connectivity index is 1.59. The molecule has 0 bridgehead atoms. The first-order chi connectivity index (χ1) is 12.5. The lowest BCUT2D eigenvalue weighted by Gasteiger charge is -2.39. The molecule has 1 aromatic heterocycles. The molecular formula is C20H21NO4S. The smallest absolute Gasteiger partial charge is 0.314 e. The maximum atomic E-state index is 12.4. The molecule has 1 aliphatic rings. The summed E-state index contributed by atoms with van der Waals surface area (Å²) in [6, 6.07) is 12.8. The lowest BCUT2D eigenvalue weighted by Crippen LogP contribution is -2.49. The zero-order chi connectivity index (χ0) is 18.6. The van der Waals surface area contributed by atoms with Gasteiger partial charge in [0.15, 0.2) is 5.78 Å². The lowest BCUT2D eigenvalue weighted by molar-refractivity contribution is -0.148. The van der Waals surface area contributed by atoms with Crippen LogP contribution in [0, 0.1) is 0 Å². The molecule has 0 aliphatic carbocycles. The number of amides is 1. The Labute approximate surface area is 156 Å². The number of likely N-dealkylation sites (tertiary alicyclic amines) is 1. The Hall–Kier alpha value is -2.47. The molecule has 1 N–H and O–H groups in total. The highest BCUT2D eigenvalue weighted by atomic mass is 32.1. The number of carbonyl (C=O) groups is 3. The molecule has 0 saturated carbocycles. The van der Waals surface area contributed by atoms with Crippen LogP contribution < -0.4 is 0 Å². The maximum absolute atomic E-state index is 12.4. The molecule has 1 aromatic carbocycles. The maximum Gasteiger partial charge on any atom is 0.314 e. The molecule has 26 heavy (non-hydrogen) atoms.